The summed E-state index contributed by atoms with van der Waals surface area (Å²) in [6.45, 7) is 2.06. The summed E-state index contributed by atoms with van der Waals surface area (Å²) in [6.07, 6.45) is 0.829. The molecule has 2 aromatic carbocycles. The van der Waals surface area contributed by atoms with Gasteiger partial charge in [0.05, 0.1) is 18.1 Å². The van der Waals surface area contributed by atoms with Crippen LogP contribution in [0, 0.1) is 5.82 Å². The highest BCUT2D eigenvalue weighted by atomic mass is 35.5. The number of nitrogens with one attached hydrogen (secondary N) is 1. The number of allylic oxidation sites excluding steroid dienone is 3. The molecule has 1 N–H and O–H groups in total. The lowest BCUT2D eigenvalue weighted by atomic mass is 9.71. The zero-order valence-electron chi connectivity index (χ0n) is 18.5. The number of methoxy groups -OCH3 is 1. The van der Waals surface area contributed by atoms with E-state index >= 15 is 0 Å². The van der Waals surface area contributed by atoms with Crippen molar-refractivity contribution in [2.24, 2.45) is 0 Å². The molecular weight excluding hydrogens is 445 g/mol. The quantitative estimate of drug-likeness (QED) is 0.475. The van der Waals surface area contributed by atoms with Gasteiger partial charge in [0.25, 0.3) is 0 Å². The molecule has 172 valence electrons. The molecule has 1 aliphatic carbocycles. The Labute approximate surface area is 197 Å². The lowest BCUT2D eigenvalue weighted by molar-refractivity contribution is -0.140. The molecule has 1 heterocycles. The van der Waals surface area contributed by atoms with E-state index in [1.807, 2.05) is 12.1 Å². The predicted molar refractivity (Wildman–Crippen MR) is 123 cm³/mol. The second-order valence-corrected chi connectivity index (χ2v) is 8.66. The van der Waals surface area contributed by atoms with Crippen LogP contribution in [-0.2, 0) is 19.1 Å². The maximum Gasteiger partial charge on any atom is 0.336 e. The smallest absolute Gasteiger partial charge is 0.336 e. The van der Waals surface area contributed by atoms with E-state index in [0.717, 1.165) is 5.56 Å². The Morgan fingerprint density at radius 3 is 2.55 bits per heavy atom. The van der Waals surface area contributed by atoms with Gasteiger partial charge in [-0.1, -0.05) is 41.9 Å². The maximum absolute atomic E-state index is 14.9. The number of halogens is 2. The van der Waals surface area contributed by atoms with E-state index < -0.39 is 17.7 Å². The average Bonchev–Trinajstić information content (AvgIpc) is 2.79. The van der Waals surface area contributed by atoms with E-state index in [1.54, 1.807) is 37.3 Å². The Balaban J connectivity index is 1.76. The van der Waals surface area contributed by atoms with Gasteiger partial charge in [0.15, 0.2) is 5.78 Å². The van der Waals surface area contributed by atoms with Crippen molar-refractivity contribution >= 4 is 23.4 Å². The summed E-state index contributed by atoms with van der Waals surface area (Å²) in [7, 11) is 1.51. The van der Waals surface area contributed by atoms with Gasteiger partial charge in [0, 0.05) is 41.1 Å². The van der Waals surface area contributed by atoms with Crippen LogP contribution in [0.15, 0.2) is 71.1 Å². The second-order valence-electron chi connectivity index (χ2n) is 8.22. The number of hydrogen-bond acceptors (Lipinski definition) is 5. The van der Waals surface area contributed by atoms with E-state index in [0.29, 0.717) is 28.4 Å². The number of rotatable bonds is 6. The SMILES string of the molecule is COCCOC(=O)C1=C(C)NC2=C(C(=O)C[C@H](c3ccc(Cl)cc3)C2)[C@H]1c1ccccc1F. The molecule has 4 rings (SSSR count). The number of benzene rings is 2. The van der Waals surface area contributed by atoms with Crippen molar-refractivity contribution in [2.75, 3.05) is 20.3 Å². The summed E-state index contributed by atoms with van der Waals surface area (Å²) in [5.41, 5.74) is 3.22. The minimum atomic E-state index is -0.837. The number of ketones is 1. The van der Waals surface area contributed by atoms with Crippen LogP contribution in [0.4, 0.5) is 4.39 Å². The number of esters is 1. The molecule has 5 nitrogen and oxygen atoms in total. The molecule has 2 aliphatic rings. The van der Waals surface area contributed by atoms with E-state index in [9.17, 15) is 14.0 Å². The molecule has 0 saturated carbocycles. The normalized spacial score (nSPS) is 20.4. The first kappa shape index (κ1) is 23.2. The molecule has 0 aromatic heterocycles. The summed E-state index contributed by atoms with van der Waals surface area (Å²) < 4.78 is 25.3. The minimum absolute atomic E-state index is 0.0368. The fourth-order valence-corrected chi connectivity index (χ4v) is 4.72. The third kappa shape index (κ3) is 4.72. The third-order valence-corrected chi connectivity index (χ3v) is 6.38. The minimum Gasteiger partial charge on any atom is -0.460 e. The Bertz CT molecular complexity index is 1140. The number of Topliss-reactive ketones (excluding diaryl/α,β-unsaturated/α-hetero) is 1. The molecule has 0 saturated heterocycles. The van der Waals surface area contributed by atoms with E-state index in [-0.39, 0.29) is 42.5 Å². The van der Waals surface area contributed by atoms with Gasteiger partial charge >= 0.3 is 5.97 Å². The van der Waals surface area contributed by atoms with Gasteiger partial charge in [-0.2, -0.15) is 0 Å². The van der Waals surface area contributed by atoms with Crippen LogP contribution in [0.5, 0.6) is 0 Å². The van der Waals surface area contributed by atoms with Crippen molar-refractivity contribution in [2.45, 2.75) is 31.6 Å². The molecule has 7 heteroatoms. The average molecular weight is 470 g/mol. The Kier molecular flexibility index (Phi) is 6.96. The van der Waals surface area contributed by atoms with Crippen LogP contribution in [-0.4, -0.2) is 32.1 Å². The van der Waals surface area contributed by atoms with Gasteiger partial charge in [-0.15, -0.1) is 0 Å². The van der Waals surface area contributed by atoms with Crippen molar-refractivity contribution in [1.82, 2.24) is 5.32 Å². The van der Waals surface area contributed by atoms with Crippen LogP contribution in [0.25, 0.3) is 0 Å². The summed E-state index contributed by atoms with van der Waals surface area (Å²) in [5, 5.41) is 3.89. The molecule has 2 aromatic rings. The van der Waals surface area contributed by atoms with Crippen LogP contribution < -0.4 is 5.32 Å². The van der Waals surface area contributed by atoms with Crippen LogP contribution in [0.1, 0.15) is 42.7 Å². The van der Waals surface area contributed by atoms with Gasteiger partial charge < -0.3 is 14.8 Å². The summed E-state index contributed by atoms with van der Waals surface area (Å²) in [4.78, 5) is 26.5. The molecule has 0 bridgehead atoms. The zero-order chi connectivity index (χ0) is 23.5. The highest BCUT2D eigenvalue weighted by Crippen LogP contribution is 2.46. The molecule has 0 spiro atoms. The van der Waals surface area contributed by atoms with Crippen LogP contribution in [0.3, 0.4) is 0 Å². The number of dihydropyridines is 1. The number of carbonyl (C=O) groups is 2. The highest BCUT2D eigenvalue weighted by Gasteiger charge is 2.42. The molecule has 0 amide bonds. The standard InChI is InChI=1S/C26H25ClFNO4/c1-15-23(26(31)33-12-11-32-2)24(19-5-3-4-6-20(19)28)25-21(29-15)13-17(14-22(25)30)16-7-9-18(27)10-8-16/h3-10,17,24,29H,11-14H2,1-2H3/t17-,24+/m1/s1. The first-order chi connectivity index (χ1) is 15.9. The molecule has 0 fully saturated rings. The van der Waals surface area contributed by atoms with Crippen molar-refractivity contribution in [1.29, 1.82) is 0 Å². The topological polar surface area (TPSA) is 64.6 Å². The van der Waals surface area contributed by atoms with Crippen LogP contribution >= 0.6 is 11.6 Å². The van der Waals surface area contributed by atoms with Crippen molar-refractivity contribution in [3.63, 3.8) is 0 Å². The van der Waals surface area contributed by atoms with Crippen molar-refractivity contribution in [3.8, 4) is 0 Å². The first-order valence-electron chi connectivity index (χ1n) is 10.8. The lowest BCUT2D eigenvalue weighted by Crippen LogP contribution is -2.36. The Morgan fingerprint density at radius 1 is 1.12 bits per heavy atom. The van der Waals surface area contributed by atoms with Gasteiger partial charge in [0.2, 0.25) is 0 Å². The molecule has 0 unspecified atom stereocenters. The highest BCUT2D eigenvalue weighted by molar-refractivity contribution is 6.30. The Morgan fingerprint density at radius 2 is 1.85 bits per heavy atom. The van der Waals surface area contributed by atoms with Gasteiger partial charge in [-0.3, -0.25) is 4.79 Å². The largest absolute Gasteiger partial charge is 0.460 e. The summed E-state index contributed by atoms with van der Waals surface area (Å²) >= 11 is 6.02. The van der Waals surface area contributed by atoms with E-state index in [1.165, 1.54) is 13.2 Å². The maximum atomic E-state index is 14.9. The van der Waals surface area contributed by atoms with Crippen LogP contribution in [0.2, 0.25) is 5.02 Å². The molecule has 0 radical (unpaired) electrons. The van der Waals surface area contributed by atoms with Gasteiger partial charge in [0.1, 0.15) is 12.4 Å². The number of carbonyl (C=O) groups excluding carboxylic acids is 2. The van der Waals surface area contributed by atoms with Crippen molar-refractivity contribution < 1.29 is 23.5 Å². The summed E-state index contributed by atoms with van der Waals surface area (Å²) in [5.74, 6) is -2.06. The van der Waals surface area contributed by atoms with Crippen molar-refractivity contribution in [3.05, 3.63) is 93.0 Å². The monoisotopic (exact) mass is 469 g/mol. The first-order valence-corrected chi connectivity index (χ1v) is 11.2. The molecule has 1 aliphatic heterocycles. The van der Waals surface area contributed by atoms with Gasteiger partial charge in [-0.25, -0.2) is 9.18 Å². The second kappa shape index (κ2) is 9.89. The van der Waals surface area contributed by atoms with Gasteiger partial charge in [-0.05, 0) is 43.0 Å². The Hall–Kier alpha value is -2.96. The molecule has 2 atom stereocenters. The lowest BCUT2D eigenvalue weighted by Gasteiger charge is -2.36. The molecule has 33 heavy (non-hydrogen) atoms. The van der Waals surface area contributed by atoms with E-state index in [2.05, 4.69) is 5.32 Å². The number of hydrogen-bond donors (Lipinski definition) is 1. The zero-order valence-corrected chi connectivity index (χ0v) is 19.2. The fraction of sp³-hybridized carbons (Fsp3) is 0.308. The number of ether oxygens (including phenoxy) is 2. The summed E-state index contributed by atoms with van der Waals surface area (Å²) in [6, 6.07) is 13.7. The third-order valence-electron chi connectivity index (χ3n) is 6.13. The fourth-order valence-electron chi connectivity index (χ4n) is 4.60. The van der Waals surface area contributed by atoms with E-state index in [4.69, 9.17) is 21.1 Å². The predicted octanol–water partition coefficient (Wildman–Crippen LogP) is 5.03. The molecular formula is C26H25ClFNO4.